The molecule has 0 aliphatic heterocycles. The predicted octanol–water partition coefficient (Wildman–Crippen LogP) is 3.12. The maximum absolute atomic E-state index is 12.8. The van der Waals surface area contributed by atoms with E-state index >= 15 is 0 Å². The van der Waals surface area contributed by atoms with Crippen LogP contribution in [0.1, 0.15) is 30.0 Å². The summed E-state index contributed by atoms with van der Waals surface area (Å²) >= 11 is 0. The van der Waals surface area contributed by atoms with E-state index in [-0.39, 0.29) is 17.8 Å². The molecular formula is C19H20N4O. The molecule has 2 aromatic carbocycles. The van der Waals surface area contributed by atoms with Crippen LogP contribution in [0, 0.1) is 0 Å². The molecule has 1 aromatic heterocycles. The van der Waals surface area contributed by atoms with Crippen molar-refractivity contribution in [3.8, 4) is 0 Å². The van der Waals surface area contributed by atoms with Crippen LogP contribution in [0.4, 0.5) is 0 Å². The molecule has 0 aliphatic carbocycles. The summed E-state index contributed by atoms with van der Waals surface area (Å²) in [4.78, 5) is 19.0. The number of para-hydroxylation sites is 1. The Morgan fingerprint density at radius 2 is 1.62 bits per heavy atom. The van der Waals surface area contributed by atoms with Crippen LogP contribution >= 0.6 is 0 Å². The number of fused-ring (bicyclic) bond motifs is 1. The topological polar surface area (TPSA) is 59.0 Å². The highest BCUT2D eigenvalue weighted by molar-refractivity contribution is 5.92. The van der Waals surface area contributed by atoms with Gasteiger partial charge in [0.25, 0.3) is 5.91 Å². The number of carbonyl (C=O) groups excluding carboxylic acids is 1. The van der Waals surface area contributed by atoms with Crippen LogP contribution in [0.3, 0.4) is 0 Å². The fourth-order valence-corrected chi connectivity index (χ4v) is 2.59. The molecule has 0 unspecified atom stereocenters. The van der Waals surface area contributed by atoms with Crippen molar-refractivity contribution in [2.45, 2.75) is 26.3 Å². The van der Waals surface area contributed by atoms with E-state index in [1.807, 2.05) is 56.3 Å². The Hall–Kier alpha value is -2.82. The van der Waals surface area contributed by atoms with Gasteiger partial charge in [-0.05, 0) is 38.0 Å². The Bertz CT molecular complexity index is 833. The summed E-state index contributed by atoms with van der Waals surface area (Å²) in [6.07, 6.45) is 0.797. The molecule has 0 radical (unpaired) electrons. The van der Waals surface area contributed by atoms with Crippen molar-refractivity contribution in [1.29, 1.82) is 0 Å². The van der Waals surface area contributed by atoms with Crippen molar-refractivity contribution >= 4 is 16.9 Å². The minimum absolute atomic E-state index is 0.0660. The summed E-state index contributed by atoms with van der Waals surface area (Å²) in [6.45, 7) is 4.62. The summed E-state index contributed by atoms with van der Waals surface area (Å²) in [5.74, 6) is -0.0327. The highest BCUT2D eigenvalue weighted by Crippen LogP contribution is 2.11. The van der Waals surface area contributed by atoms with Gasteiger partial charge in [0.05, 0.1) is 5.52 Å². The van der Waals surface area contributed by atoms with Crippen molar-refractivity contribution < 1.29 is 4.79 Å². The van der Waals surface area contributed by atoms with Crippen LogP contribution in [0.25, 0.3) is 11.0 Å². The van der Waals surface area contributed by atoms with Crippen molar-refractivity contribution in [3.05, 3.63) is 66.0 Å². The van der Waals surface area contributed by atoms with E-state index in [0.29, 0.717) is 17.6 Å². The zero-order valence-corrected chi connectivity index (χ0v) is 13.9. The first-order valence-electron chi connectivity index (χ1n) is 8.09. The molecule has 0 bridgehead atoms. The highest BCUT2D eigenvalue weighted by atomic mass is 16.2. The number of carbonyl (C=O) groups is 1. The fourth-order valence-electron chi connectivity index (χ4n) is 2.59. The number of rotatable bonds is 5. The minimum atomic E-state index is -0.181. The molecule has 1 heterocycles. The Kier molecular flexibility index (Phi) is 4.79. The molecule has 5 heteroatoms. The molecule has 0 spiro atoms. The fraction of sp³-hybridized carbons (Fsp3) is 0.263. The lowest BCUT2D eigenvalue weighted by atomic mass is 10.1. The van der Waals surface area contributed by atoms with Crippen molar-refractivity contribution in [3.63, 3.8) is 0 Å². The molecule has 24 heavy (non-hydrogen) atoms. The first-order chi connectivity index (χ1) is 11.6. The molecule has 3 aromatic rings. The monoisotopic (exact) mass is 320 g/mol. The van der Waals surface area contributed by atoms with Crippen LogP contribution < -0.4 is 0 Å². The van der Waals surface area contributed by atoms with Crippen molar-refractivity contribution in [2.24, 2.45) is 0 Å². The first-order valence-corrected chi connectivity index (χ1v) is 8.09. The second-order valence-electron chi connectivity index (χ2n) is 5.95. The van der Waals surface area contributed by atoms with Gasteiger partial charge >= 0.3 is 0 Å². The van der Waals surface area contributed by atoms with E-state index in [2.05, 4.69) is 27.3 Å². The summed E-state index contributed by atoms with van der Waals surface area (Å²) in [6, 6.07) is 17.6. The molecule has 0 saturated heterocycles. The zero-order chi connectivity index (χ0) is 16.9. The SMILES string of the molecule is CC(C)N(CCc1ccccc1)C(=O)c1nnc2ccccc2n1. The van der Waals surface area contributed by atoms with Gasteiger partial charge in [-0.2, -0.15) is 0 Å². The van der Waals surface area contributed by atoms with Gasteiger partial charge in [0, 0.05) is 12.6 Å². The van der Waals surface area contributed by atoms with E-state index in [1.165, 1.54) is 5.56 Å². The molecule has 1 amide bonds. The van der Waals surface area contributed by atoms with E-state index in [1.54, 1.807) is 4.90 Å². The lowest BCUT2D eigenvalue weighted by molar-refractivity contribution is 0.0694. The number of aromatic nitrogens is 3. The van der Waals surface area contributed by atoms with Gasteiger partial charge < -0.3 is 4.90 Å². The molecule has 5 nitrogen and oxygen atoms in total. The Balaban J connectivity index is 1.80. The van der Waals surface area contributed by atoms with Gasteiger partial charge in [0.1, 0.15) is 5.52 Å². The van der Waals surface area contributed by atoms with Crippen LogP contribution in [0.5, 0.6) is 0 Å². The Labute approximate surface area is 141 Å². The molecule has 0 atom stereocenters. The highest BCUT2D eigenvalue weighted by Gasteiger charge is 2.22. The van der Waals surface area contributed by atoms with E-state index in [9.17, 15) is 4.79 Å². The van der Waals surface area contributed by atoms with Gasteiger partial charge in [-0.25, -0.2) is 4.98 Å². The normalized spacial score (nSPS) is 11.0. The predicted molar refractivity (Wildman–Crippen MR) is 93.7 cm³/mol. The van der Waals surface area contributed by atoms with E-state index in [4.69, 9.17) is 0 Å². The summed E-state index contributed by atoms with van der Waals surface area (Å²) in [7, 11) is 0. The molecule has 0 aliphatic rings. The van der Waals surface area contributed by atoms with Gasteiger partial charge in [-0.3, -0.25) is 4.79 Å². The number of nitrogens with zero attached hydrogens (tertiary/aromatic N) is 4. The third-order valence-electron chi connectivity index (χ3n) is 3.92. The molecule has 0 fully saturated rings. The molecular weight excluding hydrogens is 300 g/mol. The smallest absolute Gasteiger partial charge is 0.293 e. The maximum Gasteiger partial charge on any atom is 0.293 e. The van der Waals surface area contributed by atoms with Crippen LogP contribution in [0.15, 0.2) is 54.6 Å². The average Bonchev–Trinajstić information content (AvgIpc) is 2.62. The Morgan fingerprint density at radius 1 is 0.958 bits per heavy atom. The largest absolute Gasteiger partial charge is 0.333 e. The third-order valence-corrected chi connectivity index (χ3v) is 3.92. The van der Waals surface area contributed by atoms with Crippen LogP contribution in [-0.4, -0.2) is 38.6 Å². The third kappa shape index (κ3) is 3.56. The summed E-state index contributed by atoms with van der Waals surface area (Å²) < 4.78 is 0. The first kappa shape index (κ1) is 16.1. The van der Waals surface area contributed by atoms with Gasteiger partial charge in [0.15, 0.2) is 0 Å². The minimum Gasteiger partial charge on any atom is -0.333 e. The van der Waals surface area contributed by atoms with E-state index < -0.39 is 0 Å². The van der Waals surface area contributed by atoms with Crippen molar-refractivity contribution in [1.82, 2.24) is 20.1 Å². The standard InChI is InChI=1S/C19H20N4O/c1-14(2)23(13-12-15-8-4-3-5-9-15)19(24)18-20-16-10-6-7-11-17(16)21-22-18/h3-11,14H,12-13H2,1-2H3. The second kappa shape index (κ2) is 7.17. The molecule has 3 rings (SSSR count). The number of hydrogen-bond acceptors (Lipinski definition) is 4. The van der Waals surface area contributed by atoms with Crippen LogP contribution in [0.2, 0.25) is 0 Å². The summed E-state index contributed by atoms with van der Waals surface area (Å²) in [5, 5.41) is 8.12. The molecule has 0 N–H and O–H groups in total. The lowest BCUT2D eigenvalue weighted by Gasteiger charge is -2.26. The summed E-state index contributed by atoms with van der Waals surface area (Å²) in [5.41, 5.74) is 2.57. The van der Waals surface area contributed by atoms with Gasteiger partial charge in [-0.15, -0.1) is 10.2 Å². The Morgan fingerprint density at radius 3 is 2.33 bits per heavy atom. The number of benzene rings is 2. The second-order valence-corrected chi connectivity index (χ2v) is 5.95. The lowest BCUT2D eigenvalue weighted by Crippen LogP contribution is -2.39. The zero-order valence-electron chi connectivity index (χ0n) is 13.9. The van der Waals surface area contributed by atoms with Crippen LogP contribution in [-0.2, 0) is 6.42 Å². The number of hydrogen-bond donors (Lipinski definition) is 0. The van der Waals surface area contributed by atoms with Gasteiger partial charge in [0.2, 0.25) is 5.82 Å². The van der Waals surface area contributed by atoms with E-state index in [0.717, 1.165) is 6.42 Å². The molecule has 0 saturated carbocycles. The molecule has 122 valence electrons. The van der Waals surface area contributed by atoms with Gasteiger partial charge in [-0.1, -0.05) is 42.5 Å². The average molecular weight is 320 g/mol. The maximum atomic E-state index is 12.8. The van der Waals surface area contributed by atoms with Crippen molar-refractivity contribution in [2.75, 3.05) is 6.54 Å². The quantitative estimate of drug-likeness (QED) is 0.725. The number of amides is 1.